The summed E-state index contributed by atoms with van der Waals surface area (Å²) in [7, 11) is 1.66. The molecule has 0 aliphatic carbocycles. The Bertz CT molecular complexity index is 536. The first-order valence-corrected chi connectivity index (χ1v) is 5.46. The second-order valence-corrected chi connectivity index (χ2v) is 4.13. The Balaban J connectivity index is 2.67. The molecule has 2 aromatic carbocycles. The zero-order valence-corrected chi connectivity index (χ0v) is 9.88. The summed E-state index contributed by atoms with van der Waals surface area (Å²) >= 11 is 4.97. The van der Waals surface area contributed by atoms with Gasteiger partial charge in [0.15, 0.2) is 0 Å². The molecule has 0 aromatic heterocycles. The van der Waals surface area contributed by atoms with Crippen molar-refractivity contribution in [1.29, 1.82) is 0 Å². The zero-order chi connectivity index (χ0) is 11.5. The van der Waals surface area contributed by atoms with Crippen molar-refractivity contribution in [3.63, 3.8) is 0 Å². The van der Waals surface area contributed by atoms with Crippen LogP contribution >= 0.6 is 12.2 Å². The quantitative estimate of drug-likeness (QED) is 0.825. The third kappa shape index (κ3) is 1.99. The molecule has 2 nitrogen and oxygen atoms in total. The van der Waals surface area contributed by atoms with Gasteiger partial charge in [0, 0.05) is 12.0 Å². The van der Waals surface area contributed by atoms with Crippen LogP contribution in [0.5, 0.6) is 5.75 Å². The monoisotopic (exact) mass is 231 g/mol. The number of nitrogens with two attached hydrogens (primary N) is 1. The van der Waals surface area contributed by atoms with E-state index in [-0.39, 0.29) is 0 Å². The fourth-order valence-corrected chi connectivity index (χ4v) is 2.01. The highest BCUT2D eigenvalue weighted by Gasteiger charge is 2.08. The zero-order valence-electron chi connectivity index (χ0n) is 9.07. The summed E-state index contributed by atoms with van der Waals surface area (Å²) in [5.74, 6) is 0.839. The summed E-state index contributed by atoms with van der Waals surface area (Å²) in [6.07, 6.45) is 0.569. The van der Waals surface area contributed by atoms with Crippen molar-refractivity contribution in [2.45, 2.75) is 6.42 Å². The molecule has 2 N–H and O–H groups in total. The third-order valence-corrected chi connectivity index (χ3v) is 2.71. The Morgan fingerprint density at radius 2 is 2.00 bits per heavy atom. The predicted molar refractivity (Wildman–Crippen MR) is 71.0 cm³/mol. The second-order valence-electron chi connectivity index (χ2n) is 3.61. The van der Waals surface area contributed by atoms with Crippen LogP contribution in [0.3, 0.4) is 0 Å². The van der Waals surface area contributed by atoms with Crippen molar-refractivity contribution < 1.29 is 4.74 Å². The van der Waals surface area contributed by atoms with E-state index in [2.05, 4.69) is 12.1 Å². The maximum absolute atomic E-state index is 5.61. The predicted octanol–water partition coefficient (Wildman–Crippen LogP) is 2.68. The van der Waals surface area contributed by atoms with Crippen LogP contribution < -0.4 is 10.5 Å². The molecule has 0 radical (unpaired) electrons. The molecule has 0 saturated carbocycles. The molecule has 0 saturated heterocycles. The first kappa shape index (κ1) is 10.9. The number of methoxy groups -OCH3 is 1. The van der Waals surface area contributed by atoms with E-state index in [1.807, 2.05) is 24.3 Å². The van der Waals surface area contributed by atoms with Crippen molar-refractivity contribution in [3.8, 4) is 5.75 Å². The van der Waals surface area contributed by atoms with Crippen LogP contribution in [-0.2, 0) is 6.42 Å². The largest absolute Gasteiger partial charge is 0.496 e. The molecule has 0 bridgehead atoms. The lowest BCUT2D eigenvalue weighted by Gasteiger charge is -2.11. The van der Waals surface area contributed by atoms with Gasteiger partial charge in [0.05, 0.1) is 12.1 Å². The number of ether oxygens (including phenoxy) is 1. The van der Waals surface area contributed by atoms with Crippen molar-refractivity contribution in [2.24, 2.45) is 5.73 Å². The van der Waals surface area contributed by atoms with E-state index in [9.17, 15) is 0 Å². The Morgan fingerprint density at radius 1 is 1.25 bits per heavy atom. The number of thiocarbonyl (C=S) groups is 1. The van der Waals surface area contributed by atoms with Crippen LogP contribution in [0, 0.1) is 0 Å². The maximum Gasteiger partial charge on any atom is 0.123 e. The van der Waals surface area contributed by atoms with Gasteiger partial charge in [0.2, 0.25) is 0 Å². The molecule has 2 aromatic rings. The normalized spacial score (nSPS) is 10.3. The highest BCUT2D eigenvalue weighted by Crippen LogP contribution is 2.28. The van der Waals surface area contributed by atoms with Gasteiger partial charge in [0.25, 0.3) is 0 Å². The molecule has 0 atom stereocenters. The molecule has 2 rings (SSSR count). The van der Waals surface area contributed by atoms with Crippen LogP contribution in [-0.4, -0.2) is 12.1 Å². The molecular formula is C13H13NOS. The first-order valence-electron chi connectivity index (χ1n) is 5.05. The highest BCUT2D eigenvalue weighted by atomic mass is 32.1. The van der Waals surface area contributed by atoms with Crippen molar-refractivity contribution >= 4 is 28.0 Å². The molecule has 0 aliphatic rings. The van der Waals surface area contributed by atoms with E-state index in [1.54, 1.807) is 7.11 Å². The van der Waals surface area contributed by atoms with Gasteiger partial charge < -0.3 is 10.5 Å². The highest BCUT2D eigenvalue weighted by molar-refractivity contribution is 7.80. The number of benzene rings is 2. The number of fused-ring (bicyclic) bond motifs is 1. The van der Waals surface area contributed by atoms with E-state index >= 15 is 0 Å². The lowest BCUT2D eigenvalue weighted by molar-refractivity contribution is 0.412. The summed E-state index contributed by atoms with van der Waals surface area (Å²) in [5.41, 5.74) is 6.68. The number of hydrogen-bond acceptors (Lipinski definition) is 2. The van der Waals surface area contributed by atoms with Gasteiger partial charge in [-0.15, -0.1) is 0 Å². The smallest absolute Gasteiger partial charge is 0.123 e. The lowest BCUT2D eigenvalue weighted by Crippen LogP contribution is -2.12. The van der Waals surface area contributed by atoms with E-state index in [0.717, 1.165) is 16.7 Å². The van der Waals surface area contributed by atoms with E-state index in [1.165, 1.54) is 5.39 Å². The Morgan fingerprint density at radius 3 is 2.69 bits per heavy atom. The molecule has 16 heavy (non-hydrogen) atoms. The third-order valence-electron chi connectivity index (χ3n) is 2.57. The van der Waals surface area contributed by atoms with Gasteiger partial charge in [-0.1, -0.05) is 42.5 Å². The summed E-state index contributed by atoms with van der Waals surface area (Å²) in [4.78, 5) is 0.481. The lowest BCUT2D eigenvalue weighted by atomic mass is 10.0. The van der Waals surface area contributed by atoms with Gasteiger partial charge in [-0.05, 0) is 16.8 Å². The fourth-order valence-electron chi connectivity index (χ4n) is 1.86. The molecule has 0 aliphatic heterocycles. The minimum atomic E-state index is 0.481. The maximum atomic E-state index is 5.61. The molecule has 82 valence electrons. The Kier molecular flexibility index (Phi) is 3.06. The van der Waals surface area contributed by atoms with Crippen molar-refractivity contribution in [1.82, 2.24) is 0 Å². The summed E-state index contributed by atoms with van der Waals surface area (Å²) in [5, 5.41) is 2.32. The van der Waals surface area contributed by atoms with Gasteiger partial charge in [-0.2, -0.15) is 0 Å². The summed E-state index contributed by atoms with van der Waals surface area (Å²) in [6, 6.07) is 12.1. The van der Waals surface area contributed by atoms with Crippen LogP contribution in [0.1, 0.15) is 5.56 Å². The van der Waals surface area contributed by atoms with E-state index < -0.39 is 0 Å². The SMILES string of the molecule is COc1ccc2ccccc2c1CC(N)=S. The topological polar surface area (TPSA) is 35.2 Å². The summed E-state index contributed by atoms with van der Waals surface area (Å²) in [6.45, 7) is 0. The average Bonchev–Trinajstić information content (AvgIpc) is 2.29. The minimum absolute atomic E-state index is 0.481. The van der Waals surface area contributed by atoms with Crippen LogP contribution in [0.4, 0.5) is 0 Å². The fraction of sp³-hybridized carbons (Fsp3) is 0.154. The Labute approximate surface area is 100 Å². The molecule has 0 fully saturated rings. The van der Waals surface area contributed by atoms with Gasteiger partial charge in [-0.25, -0.2) is 0 Å². The van der Waals surface area contributed by atoms with Crippen LogP contribution in [0.2, 0.25) is 0 Å². The van der Waals surface area contributed by atoms with Crippen molar-refractivity contribution in [2.75, 3.05) is 7.11 Å². The van der Waals surface area contributed by atoms with E-state index in [4.69, 9.17) is 22.7 Å². The first-order chi connectivity index (χ1) is 7.72. The molecule has 0 heterocycles. The van der Waals surface area contributed by atoms with Crippen LogP contribution in [0.15, 0.2) is 36.4 Å². The van der Waals surface area contributed by atoms with Gasteiger partial charge in [-0.3, -0.25) is 0 Å². The molecule has 0 amide bonds. The van der Waals surface area contributed by atoms with E-state index in [0.29, 0.717) is 11.4 Å². The molecule has 0 spiro atoms. The average molecular weight is 231 g/mol. The van der Waals surface area contributed by atoms with Crippen LogP contribution in [0.25, 0.3) is 10.8 Å². The molecule has 0 unspecified atom stereocenters. The number of hydrogen-bond donors (Lipinski definition) is 1. The minimum Gasteiger partial charge on any atom is -0.496 e. The standard InChI is InChI=1S/C13H13NOS/c1-15-12-7-6-9-4-2-3-5-10(9)11(12)8-13(14)16/h2-7H,8H2,1H3,(H2,14,16). The van der Waals surface area contributed by atoms with Gasteiger partial charge in [0.1, 0.15) is 5.75 Å². The van der Waals surface area contributed by atoms with Crippen molar-refractivity contribution in [3.05, 3.63) is 42.0 Å². The molecule has 3 heteroatoms. The summed E-state index contributed by atoms with van der Waals surface area (Å²) < 4.78 is 5.34. The molecular weight excluding hydrogens is 218 g/mol. The second kappa shape index (κ2) is 4.49. The Hall–Kier alpha value is -1.61. The number of rotatable bonds is 3. The van der Waals surface area contributed by atoms with Gasteiger partial charge >= 0.3 is 0 Å².